The fourth-order valence-electron chi connectivity index (χ4n) is 4.32. The number of para-hydroxylation sites is 3. The predicted molar refractivity (Wildman–Crippen MR) is 122 cm³/mol. The summed E-state index contributed by atoms with van der Waals surface area (Å²) in [5.74, 6) is -0.456. The Morgan fingerprint density at radius 3 is 2.09 bits per heavy atom. The van der Waals surface area contributed by atoms with E-state index in [-0.39, 0.29) is 28.2 Å². The van der Waals surface area contributed by atoms with E-state index in [2.05, 4.69) is 15.9 Å². The molecule has 1 aliphatic rings. The van der Waals surface area contributed by atoms with E-state index < -0.39 is 17.2 Å². The zero-order valence-corrected chi connectivity index (χ0v) is 17.9. The minimum atomic E-state index is -0.951. The van der Waals surface area contributed by atoms with Crippen LogP contribution in [0.5, 0.6) is 17.2 Å². The summed E-state index contributed by atoms with van der Waals surface area (Å²) < 4.78 is 17.9. The number of hydrogen-bond donors (Lipinski definition) is 1. The fraction of sp³-hybridized carbons (Fsp3) is 0.0400. The lowest BCUT2D eigenvalue weighted by Gasteiger charge is -2.28. The van der Waals surface area contributed by atoms with Crippen molar-refractivity contribution >= 4 is 37.9 Å². The van der Waals surface area contributed by atoms with Crippen LogP contribution >= 0.6 is 15.9 Å². The van der Waals surface area contributed by atoms with E-state index in [0.29, 0.717) is 32.1 Å². The number of hydrogen-bond acceptors (Lipinski definition) is 6. The molecule has 1 aliphatic heterocycles. The smallest absolute Gasteiger partial charge is 0.344 e. The Bertz CT molecular complexity index is 1660. The molecule has 1 atom stereocenters. The molecule has 2 aromatic heterocycles. The number of benzene rings is 3. The maximum Gasteiger partial charge on any atom is 0.344 e. The lowest BCUT2D eigenvalue weighted by atomic mass is 9.82. The zero-order valence-electron chi connectivity index (χ0n) is 16.3. The molecule has 0 saturated heterocycles. The molecule has 0 amide bonds. The third kappa shape index (κ3) is 2.58. The van der Waals surface area contributed by atoms with Gasteiger partial charge in [0, 0.05) is 5.56 Å². The highest BCUT2D eigenvalue weighted by molar-refractivity contribution is 9.10. The molecule has 0 bridgehead atoms. The molecule has 0 aliphatic carbocycles. The van der Waals surface area contributed by atoms with Crippen molar-refractivity contribution in [2.24, 2.45) is 0 Å². The van der Waals surface area contributed by atoms with Gasteiger partial charge in [0.2, 0.25) is 0 Å². The van der Waals surface area contributed by atoms with Gasteiger partial charge in [0.25, 0.3) is 0 Å². The van der Waals surface area contributed by atoms with Crippen molar-refractivity contribution in [1.82, 2.24) is 0 Å². The third-order valence-corrected chi connectivity index (χ3v) is 6.33. The molecule has 1 unspecified atom stereocenters. The van der Waals surface area contributed by atoms with Crippen LogP contribution in [-0.4, -0.2) is 5.11 Å². The Morgan fingerprint density at radius 1 is 0.719 bits per heavy atom. The van der Waals surface area contributed by atoms with Crippen LogP contribution in [-0.2, 0) is 0 Å². The SMILES string of the molecule is O=c1oc2ccccc2c(O)c1C1c2cccc(Br)c2Oc2c1c(=O)oc1ccccc21. The average Bonchev–Trinajstić information content (AvgIpc) is 2.79. The Kier molecular flexibility index (Phi) is 4.03. The van der Waals surface area contributed by atoms with Crippen LogP contribution in [0.4, 0.5) is 0 Å². The van der Waals surface area contributed by atoms with Gasteiger partial charge in [-0.15, -0.1) is 0 Å². The van der Waals surface area contributed by atoms with Gasteiger partial charge in [-0.1, -0.05) is 36.4 Å². The van der Waals surface area contributed by atoms with E-state index in [0.717, 1.165) is 0 Å². The van der Waals surface area contributed by atoms with Gasteiger partial charge in [0.05, 0.1) is 32.3 Å². The second-order valence-corrected chi connectivity index (χ2v) is 8.32. The van der Waals surface area contributed by atoms with Crippen molar-refractivity contribution in [3.05, 3.63) is 109 Å². The molecule has 7 heteroatoms. The van der Waals surface area contributed by atoms with Gasteiger partial charge in [-0.2, -0.15) is 0 Å². The first-order valence-corrected chi connectivity index (χ1v) is 10.6. The van der Waals surface area contributed by atoms with Crippen LogP contribution in [0.2, 0.25) is 0 Å². The Balaban J connectivity index is 1.79. The van der Waals surface area contributed by atoms with Crippen molar-refractivity contribution in [2.75, 3.05) is 0 Å². The maximum absolute atomic E-state index is 13.2. The lowest BCUT2D eigenvalue weighted by molar-refractivity contribution is 0.424. The molecule has 0 radical (unpaired) electrons. The van der Waals surface area contributed by atoms with Crippen LogP contribution in [0.25, 0.3) is 21.9 Å². The van der Waals surface area contributed by atoms with Crippen molar-refractivity contribution < 1.29 is 18.7 Å². The summed E-state index contributed by atoms with van der Waals surface area (Å²) in [6.45, 7) is 0. The molecule has 0 saturated carbocycles. The summed E-state index contributed by atoms with van der Waals surface area (Å²) in [5.41, 5.74) is -0.153. The summed E-state index contributed by atoms with van der Waals surface area (Å²) in [5, 5.41) is 12.1. The maximum atomic E-state index is 13.2. The highest BCUT2D eigenvalue weighted by atomic mass is 79.9. The fourth-order valence-corrected chi connectivity index (χ4v) is 4.78. The second kappa shape index (κ2) is 6.83. The molecule has 0 fully saturated rings. The molecule has 6 nitrogen and oxygen atoms in total. The van der Waals surface area contributed by atoms with E-state index in [9.17, 15) is 14.7 Å². The van der Waals surface area contributed by atoms with Gasteiger partial charge in [0.1, 0.15) is 28.4 Å². The van der Waals surface area contributed by atoms with E-state index in [4.69, 9.17) is 13.6 Å². The first-order valence-electron chi connectivity index (χ1n) is 9.81. The van der Waals surface area contributed by atoms with E-state index in [1.165, 1.54) is 0 Å². The Labute approximate surface area is 188 Å². The lowest BCUT2D eigenvalue weighted by Crippen LogP contribution is -2.25. The van der Waals surface area contributed by atoms with Gasteiger partial charge in [-0.05, 0) is 46.3 Å². The van der Waals surface area contributed by atoms with Gasteiger partial charge in [-0.3, -0.25) is 0 Å². The van der Waals surface area contributed by atoms with Crippen LogP contribution < -0.4 is 16.0 Å². The van der Waals surface area contributed by atoms with Crippen molar-refractivity contribution in [3.63, 3.8) is 0 Å². The Hall–Kier alpha value is -3.84. The predicted octanol–water partition coefficient (Wildman–Crippen LogP) is 5.65. The van der Waals surface area contributed by atoms with Crippen molar-refractivity contribution in [2.45, 2.75) is 5.92 Å². The third-order valence-electron chi connectivity index (χ3n) is 5.71. The summed E-state index contributed by atoms with van der Waals surface area (Å²) in [6, 6.07) is 19.0. The molecule has 6 rings (SSSR count). The average molecular weight is 489 g/mol. The standard InChI is InChI=1S/C25H13BrO6/c26-15-9-5-8-14-18(19-21(27)12-6-1-3-10-16(12)30-24(19)28)20-23(32-22(14)15)13-7-2-4-11-17(13)31-25(20)29/h1-11,18,27H. The largest absolute Gasteiger partial charge is 0.507 e. The Morgan fingerprint density at radius 2 is 1.34 bits per heavy atom. The van der Waals surface area contributed by atoms with Crippen molar-refractivity contribution in [1.29, 1.82) is 0 Å². The molecule has 156 valence electrons. The molecule has 5 aromatic rings. The van der Waals surface area contributed by atoms with Gasteiger partial charge in [0.15, 0.2) is 0 Å². The minimum Gasteiger partial charge on any atom is -0.507 e. The number of ether oxygens (including phenoxy) is 1. The molecule has 32 heavy (non-hydrogen) atoms. The number of rotatable bonds is 1. The van der Waals surface area contributed by atoms with Gasteiger partial charge in [-0.25, -0.2) is 9.59 Å². The summed E-state index contributed by atoms with van der Waals surface area (Å²) in [4.78, 5) is 26.3. The number of fused-ring (bicyclic) bond motifs is 5. The highest BCUT2D eigenvalue weighted by Gasteiger charge is 2.38. The first-order chi connectivity index (χ1) is 15.5. The van der Waals surface area contributed by atoms with Crippen LogP contribution in [0.1, 0.15) is 22.6 Å². The molecular formula is C25H13BrO6. The van der Waals surface area contributed by atoms with Gasteiger partial charge >= 0.3 is 11.3 Å². The molecule has 0 spiro atoms. The summed E-state index contributed by atoms with van der Waals surface area (Å²) in [7, 11) is 0. The monoisotopic (exact) mass is 488 g/mol. The zero-order chi connectivity index (χ0) is 22.0. The minimum absolute atomic E-state index is 0.0461. The molecule has 1 N–H and O–H groups in total. The summed E-state index contributed by atoms with van der Waals surface area (Å²) >= 11 is 3.50. The van der Waals surface area contributed by atoms with E-state index >= 15 is 0 Å². The highest BCUT2D eigenvalue weighted by Crippen LogP contribution is 2.51. The molecule has 3 aromatic carbocycles. The normalized spacial score (nSPS) is 14.7. The van der Waals surface area contributed by atoms with Crippen LogP contribution in [0.15, 0.2) is 89.6 Å². The number of aromatic hydroxyl groups is 1. The van der Waals surface area contributed by atoms with E-state index in [1.807, 2.05) is 0 Å². The molecular weight excluding hydrogens is 476 g/mol. The van der Waals surface area contributed by atoms with Crippen LogP contribution in [0.3, 0.4) is 0 Å². The molecule has 3 heterocycles. The number of halogens is 1. The summed E-state index contributed by atoms with van der Waals surface area (Å²) in [6.07, 6.45) is 0. The van der Waals surface area contributed by atoms with Crippen LogP contribution in [0, 0.1) is 0 Å². The topological polar surface area (TPSA) is 89.9 Å². The van der Waals surface area contributed by atoms with E-state index in [1.54, 1.807) is 66.7 Å². The second-order valence-electron chi connectivity index (χ2n) is 7.47. The first kappa shape index (κ1) is 18.9. The van der Waals surface area contributed by atoms with Gasteiger partial charge < -0.3 is 18.7 Å². The quantitative estimate of drug-likeness (QED) is 0.300. The van der Waals surface area contributed by atoms with Crippen molar-refractivity contribution in [3.8, 4) is 17.2 Å².